The summed E-state index contributed by atoms with van der Waals surface area (Å²) in [5, 5.41) is 5.40. The molecular weight excluding hydrogens is 356 g/mol. The molecule has 2 aromatic carbocycles. The summed E-state index contributed by atoms with van der Waals surface area (Å²) in [7, 11) is 3.06. The predicted molar refractivity (Wildman–Crippen MR) is 108 cm³/mol. The van der Waals surface area contributed by atoms with E-state index in [4.69, 9.17) is 9.47 Å². The molecule has 6 heteroatoms. The van der Waals surface area contributed by atoms with Gasteiger partial charge in [-0.05, 0) is 48.2 Å². The third-order valence-corrected chi connectivity index (χ3v) is 3.50. The summed E-state index contributed by atoms with van der Waals surface area (Å²) in [6, 6.07) is 10.5. The summed E-state index contributed by atoms with van der Waals surface area (Å²) in [5.41, 5.74) is 2.47. The number of rotatable bonds is 4. The summed E-state index contributed by atoms with van der Waals surface area (Å²) in [4.78, 5) is 22.6. The van der Waals surface area contributed by atoms with Crippen LogP contribution in [0.2, 0.25) is 0 Å². The van der Waals surface area contributed by atoms with Crippen molar-refractivity contribution in [1.29, 1.82) is 0 Å². The first-order valence-corrected chi connectivity index (χ1v) is 8.36. The highest BCUT2D eigenvalue weighted by Gasteiger charge is 2.05. The van der Waals surface area contributed by atoms with E-state index in [1.807, 2.05) is 0 Å². The highest BCUT2D eigenvalue weighted by atomic mass is 16.5. The minimum Gasteiger partial charge on any atom is -0.495 e. The van der Waals surface area contributed by atoms with Gasteiger partial charge in [0.05, 0.1) is 25.6 Å². The zero-order valence-corrected chi connectivity index (χ0v) is 16.1. The second-order valence-corrected chi connectivity index (χ2v) is 5.69. The van der Waals surface area contributed by atoms with Crippen LogP contribution in [0.4, 0.5) is 11.4 Å². The van der Waals surface area contributed by atoms with Crippen LogP contribution in [0, 0.1) is 23.7 Å². The highest BCUT2D eigenvalue weighted by molar-refractivity contribution is 5.91. The molecule has 0 atom stereocenters. The molecule has 0 radical (unpaired) electrons. The maximum absolute atomic E-state index is 11.3. The van der Waals surface area contributed by atoms with Crippen LogP contribution >= 0.6 is 0 Å². The second kappa shape index (κ2) is 9.70. The molecule has 142 valence electrons. The van der Waals surface area contributed by atoms with Crippen molar-refractivity contribution < 1.29 is 19.1 Å². The Kier molecular flexibility index (Phi) is 7.07. The number of hydrogen-bond donors (Lipinski definition) is 2. The predicted octanol–water partition coefficient (Wildman–Crippen LogP) is 3.02. The van der Waals surface area contributed by atoms with Crippen LogP contribution in [0.25, 0.3) is 0 Å². The van der Waals surface area contributed by atoms with Crippen LogP contribution in [0.5, 0.6) is 11.5 Å². The minimum atomic E-state index is -0.197. The Labute approximate surface area is 164 Å². The normalized spacial score (nSPS) is 9.14. The molecule has 6 nitrogen and oxygen atoms in total. The zero-order valence-electron chi connectivity index (χ0n) is 16.1. The van der Waals surface area contributed by atoms with E-state index in [1.165, 1.54) is 28.1 Å². The van der Waals surface area contributed by atoms with E-state index in [-0.39, 0.29) is 11.8 Å². The maximum atomic E-state index is 11.3. The van der Waals surface area contributed by atoms with Crippen molar-refractivity contribution in [3.8, 4) is 35.2 Å². The topological polar surface area (TPSA) is 76.7 Å². The number of anilines is 2. The average Bonchev–Trinajstić information content (AvgIpc) is 2.65. The van der Waals surface area contributed by atoms with Gasteiger partial charge in [-0.1, -0.05) is 11.8 Å². The van der Waals surface area contributed by atoms with E-state index in [9.17, 15) is 9.59 Å². The molecule has 0 saturated heterocycles. The summed E-state index contributed by atoms with van der Waals surface area (Å²) in [6.45, 7) is 2.85. The highest BCUT2D eigenvalue weighted by Crippen LogP contribution is 2.26. The minimum absolute atomic E-state index is 0.197. The molecule has 0 fully saturated rings. The Morgan fingerprint density at radius 3 is 1.46 bits per heavy atom. The first-order chi connectivity index (χ1) is 13.4. The number of amides is 2. The van der Waals surface area contributed by atoms with Gasteiger partial charge in [0, 0.05) is 25.0 Å². The van der Waals surface area contributed by atoms with Gasteiger partial charge in [0.1, 0.15) is 11.5 Å². The SMILES string of the molecule is COc1ccc(C#CC#Cc2ccc(OC)c(NC(C)=O)c2)cc1NC(C)=O. The molecule has 0 unspecified atom stereocenters. The lowest BCUT2D eigenvalue weighted by Gasteiger charge is -2.08. The molecule has 0 aromatic heterocycles. The fraction of sp³-hybridized carbons (Fsp3) is 0.182. The lowest BCUT2D eigenvalue weighted by molar-refractivity contribution is -0.115. The summed E-state index contributed by atoms with van der Waals surface area (Å²) >= 11 is 0. The number of nitrogens with one attached hydrogen (secondary N) is 2. The van der Waals surface area contributed by atoms with Gasteiger partial charge in [-0.15, -0.1) is 0 Å². The van der Waals surface area contributed by atoms with Crippen molar-refractivity contribution in [3.05, 3.63) is 47.5 Å². The van der Waals surface area contributed by atoms with Crippen molar-refractivity contribution in [2.24, 2.45) is 0 Å². The Balaban J connectivity index is 2.23. The molecule has 0 aliphatic heterocycles. The average molecular weight is 376 g/mol. The number of hydrogen-bond acceptors (Lipinski definition) is 4. The summed E-state index contributed by atoms with van der Waals surface area (Å²) in [5.74, 6) is 12.1. The van der Waals surface area contributed by atoms with Crippen LogP contribution in [0.15, 0.2) is 36.4 Å². The monoisotopic (exact) mass is 376 g/mol. The Hall–Kier alpha value is -3.90. The molecule has 2 rings (SSSR count). The number of methoxy groups -OCH3 is 2. The van der Waals surface area contributed by atoms with Crippen LogP contribution in [0.1, 0.15) is 25.0 Å². The molecule has 0 bridgehead atoms. The Morgan fingerprint density at radius 1 is 0.750 bits per heavy atom. The Morgan fingerprint density at radius 2 is 1.14 bits per heavy atom. The third kappa shape index (κ3) is 5.82. The molecular formula is C22H20N2O4. The quantitative estimate of drug-likeness (QED) is 0.805. The first-order valence-electron chi connectivity index (χ1n) is 8.36. The van der Waals surface area contributed by atoms with Gasteiger partial charge in [0.15, 0.2) is 0 Å². The number of benzene rings is 2. The van der Waals surface area contributed by atoms with E-state index in [0.29, 0.717) is 34.0 Å². The molecule has 0 aliphatic carbocycles. The molecule has 28 heavy (non-hydrogen) atoms. The molecule has 2 amide bonds. The van der Waals surface area contributed by atoms with Crippen LogP contribution in [-0.2, 0) is 9.59 Å². The van der Waals surface area contributed by atoms with Crippen molar-refractivity contribution in [2.75, 3.05) is 24.9 Å². The lowest BCUT2D eigenvalue weighted by atomic mass is 10.1. The summed E-state index contributed by atoms with van der Waals surface area (Å²) in [6.07, 6.45) is 0. The van der Waals surface area contributed by atoms with Gasteiger partial charge in [-0.3, -0.25) is 9.59 Å². The molecule has 0 spiro atoms. The fourth-order valence-electron chi connectivity index (χ4n) is 2.35. The van der Waals surface area contributed by atoms with Crippen LogP contribution in [0.3, 0.4) is 0 Å². The Bertz CT molecular complexity index is 937. The third-order valence-electron chi connectivity index (χ3n) is 3.50. The van der Waals surface area contributed by atoms with Gasteiger partial charge in [-0.2, -0.15) is 0 Å². The summed E-state index contributed by atoms with van der Waals surface area (Å²) < 4.78 is 10.4. The van der Waals surface area contributed by atoms with Crippen molar-refractivity contribution in [2.45, 2.75) is 13.8 Å². The van der Waals surface area contributed by atoms with Crippen molar-refractivity contribution >= 4 is 23.2 Å². The van der Waals surface area contributed by atoms with Crippen LogP contribution in [-0.4, -0.2) is 26.0 Å². The maximum Gasteiger partial charge on any atom is 0.221 e. The van der Waals surface area contributed by atoms with Crippen LogP contribution < -0.4 is 20.1 Å². The van der Waals surface area contributed by atoms with Crippen molar-refractivity contribution in [3.63, 3.8) is 0 Å². The molecule has 0 aliphatic rings. The van der Waals surface area contributed by atoms with Crippen molar-refractivity contribution in [1.82, 2.24) is 0 Å². The van der Waals surface area contributed by atoms with E-state index in [2.05, 4.69) is 34.3 Å². The van der Waals surface area contributed by atoms with E-state index < -0.39 is 0 Å². The molecule has 0 saturated carbocycles. The standard InChI is InChI=1S/C22H20N2O4/c1-15(25)23-19-13-17(9-11-21(19)27-3)7-5-6-8-18-10-12-22(28-4)20(14-18)24-16(2)26/h9-14H,1-4H3,(H,23,25)(H,24,26). The first kappa shape index (κ1) is 20.4. The van der Waals surface area contributed by atoms with Gasteiger partial charge < -0.3 is 20.1 Å². The largest absolute Gasteiger partial charge is 0.495 e. The fourth-order valence-corrected chi connectivity index (χ4v) is 2.35. The smallest absolute Gasteiger partial charge is 0.221 e. The number of ether oxygens (including phenoxy) is 2. The second-order valence-electron chi connectivity index (χ2n) is 5.69. The van der Waals surface area contributed by atoms with E-state index in [1.54, 1.807) is 36.4 Å². The van der Waals surface area contributed by atoms with Gasteiger partial charge in [-0.25, -0.2) is 0 Å². The molecule has 2 N–H and O–H groups in total. The number of carbonyl (C=O) groups excluding carboxylic acids is 2. The van der Waals surface area contributed by atoms with Gasteiger partial charge in [0.25, 0.3) is 0 Å². The lowest BCUT2D eigenvalue weighted by Crippen LogP contribution is -2.07. The van der Waals surface area contributed by atoms with Gasteiger partial charge >= 0.3 is 0 Å². The molecule has 2 aromatic rings. The van der Waals surface area contributed by atoms with E-state index >= 15 is 0 Å². The van der Waals surface area contributed by atoms with E-state index in [0.717, 1.165) is 0 Å². The zero-order chi connectivity index (χ0) is 20.5. The number of carbonyl (C=O) groups is 2. The molecule has 0 heterocycles. The van der Waals surface area contributed by atoms with Gasteiger partial charge in [0.2, 0.25) is 11.8 Å².